The van der Waals surface area contributed by atoms with Crippen LogP contribution < -0.4 is 0 Å². The molecule has 0 aliphatic carbocycles. The molecule has 0 atom stereocenters. The third-order valence-electron chi connectivity index (χ3n) is 2.04. The van der Waals surface area contributed by atoms with Crippen molar-refractivity contribution in [1.29, 1.82) is 0 Å². The molecule has 82 valence electrons. The van der Waals surface area contributed by atoms with Crippen LogP contribution in [0.5, 0.6) is 0 Å². The lowest BCUT2D eigenvalue weighted by Gasteiger charge is -2.04. The summed E-state index contributed by atoms with van der Waals surface area (Å²) < 4.78 is 4.85. The Hall–Kier alpha value is -1.68. The van der Waals surface area contributed by atoms with Crippen LogP contribution in [0.25, 0.3) is 10.9 Å². The molecule has 0 spiro atoms. The number of halogens is 1. The van der Waals surface area contributed by atoms with Crippen LogP contribution in [-0.2, 0) is 4.74 Å². The molecule has 0 saturated heterocycles. The number of carbonyl (C=O) groups is 1. The molecular formula is C11H9ClN2O2. The van der Waals surface area contributed by atoms with Gasteiger partial charge in [-0.15, -0.1) is 0 Å². The van der Waals surface area contributed by atoms with E-state index in [4.69, 9.17) is 16.3 Å². The number of ether oxygens (including phenoxy) is 1. The topological polar surface area (TPSA) is 52.1 Å². The normalized spacial score (nSPS) is 10.4. The summed E-state index contributed by atoms with van der Waals surface area (Å²) in [4.78, 5) is 19.6. The Morgan fingerprint density at radius 1 is 1.56 bits per heavy atom. The van der Waals surface area contributed by atoms with Crippen molar-refractivity contribution in [3.8, 4) is 0 Å². The van der Waals surface area contributed by atoms with Gasteiger partial charge in [-0.25, -0.2) is 9.78 Å². The van der Waals surface area contributed by atoms with Gasteiger partial charge in [-0.1, -0.05) is 11.6 Å². The van der Waals surface area contributed by atoms with Crippen LogP contribution in [0.3, 0.4) is 0 Å². The third-order valence-corrected chi connectivity index (χ3v) is 2.33. The van der Waals surface area contributed by atoms with Crippen LogP contribution in [-0.4, -0.2) is 22.5 Å². The summed E-state index contributed by atoms with van der Waals surface area (Å²) in [5.41, 5.74) is 0.749. The molecule has 0 N–H and O–H groups in total. The molecule has 0 aliphatic rings. The quantitative estimate of drug-likeness (QED) is 0.752. The summed E-state index contributed by atoms with van der Waals surface area (Å²) in [6.45, 7) is 2.02. The Kier molecular flexibility index (Phi) is 3.01. The maximum Gasteiger partial charge on any atom is 0.358 e. The molecule has 0 aliphatic heterocycles. The van der Waals surface area contributed by atoms with Gasteiger partial charge in [0.1, 0.15) is 0 Å². The molecule has 0 bridgehead atoms. The largest absolute Gasteiger partial charge is 0.461 e. The predicted octanol–water partition coefficient (Wildman–Crippen LogP) is 2.46. The molecule has 5 heteroatoms. The Labute approximate surface area is 97.2 Å². The van der Waals surface area contributed by atoms with Gasteiger partial charge in [0.2, 0.25) is 0 Å². The van der Waals surface area contributed by atoms with Gasteiger partial charge in [0.25, 0.3) is 0 Å². The molecule has 2 rings (SSSR count). The Morgan fingerprint density at radius 3 is 3.12 bits per heavy atom. The molecule has 0 unspecified atom stereocenters. The van der Waals surface area contributed by atoms with E-state index in [1.165, 1.54) is 0 Å². The van der Waals surface area contributed by atoms with Crippen molar-refractivity contribution in [2.75, 3.05) is 6.61 Å². The second-order valence-corrected chi connectivity index (χ2v) is 3.51. The fourth-order valence-electron chi connectivity index (χ4n) is 1.33. The molecule has 16 heavy (non-hydrogen) atoms. The minimum absolute atomic E-state index is 0.129. The van der Waals surface area contributed by atoms with Gasteiger partial charge < -0.3 is 4.74 Å². The highest BCUT2D eigenvalue weighted by molar-refractivity contribution is 6.34. The number of pyridine rings is 2. The van der Waals surface area contributed by atoms with Gasteiger partial charge in [0, 0.05) is 11.6 Å². The smallest absolute Gasteiger partial charge is 0.358 e. The first-order valence-corrected chi connectivity index (χ1v) is 5.17. The summed E-state index contributed by atoms with van der Waals surface area (Å²) in [6.07, 6.45) is 3.22. The van der Waals surface area contributed by atoms with Crippen molar-refractivity contribution in [2.45, 2.75) is 6.92 Å². The van der Waals surface area contributed by atoms with Crippen molar-refractivity contribution in [3.05, 3.63) is 35.2 Å². The minimum atomic E-state index is -0.516. The highest BCUT2D eigenvalue weighted by Gasteiger charge is 2.14. The van der Waals surface area contributed by atoms with Crippen LogP contribution in [0.15, 0.2) is 24.5 Å². The number of hydrogen-bond donors (Lipinski definition) is 0. The van der Waals surface area contributed by atoms with Gasteiger partial charge in [-0.3, -0.25) is 4.98 Å². The number of hydrogen-bond acceptors (Lipinski definition) is 4. The van der Waals surface area contributed by atoms with Crippen molar-refractivity contribution in [3.63, 3.8) is 0 Å². The van der Waals surface area contributed by atoms with Gasteiger partial charge in [-0.05, 0) is 19.1 Å². The zero-order chi connectivity index (χ0) is 11.5. The van der Waals surface area contributed by atoms with Crippen LogP contribution in [0.2, 0.25) is 5.02 Å². The molecule has 0 amide bonds. The lowest BCUT2D eigenvalue weighted by atomic mass is 10.2. The van der Waals surface area contributed by atoms with Crippen molar-refractivity contribution < 1.29 is 9.53 Å². The van der Waals surface area contributed by atoms with E-state index in [0.717, 1.165) is 5.39 Å². The summed E-state index contributed by atoms with van der Waals surface area (Å²) in [5.74, 6) is -0.516. The summed E-state index contributed by atoms with van der Waals surface area (Å²) in [6, 6.07) is 3.46. The first-order chi connectivity index (χ1) is 7.72. The second kappa shape index (κ2) is 4.45. The van der Waals surface area contributed by atoms with Crippen LogP contribution >= 0.6 is 11.6 Å². The standard InChI is InChI=1S/C11H9ClN2O2/c1-2-16-11(15)10-8(12)5-7-3-4-13-6-9(7)14-10/h3-6H,2H2,1H3. The number of fused-ring (bicyclic) bond motifs is 1. The zero-order valence-corrected chi connectivity index (χ0v) is 9.36. The highest BCUT2D eigenvalue weighted by Crippen LogP contribution is 2.20. The second-order valence-electron chi connectivity index (χ2n) is 3.11. The molecule has 2 aromatic heterocycles. The van der Waals surface area contributed by atoms with Crippen LogP contribution in [0, 0.1) is 0 Å². The summed E-state index contributed by atoms with van der Waals surface area (Å²) >= 11 is 5.95. The van der Waals surface area contributed by atoms with Gasteiger partial charge >= 0.3 is 5.97 Å². The molecule has 2 heterocycles. The van der Waals surface area contributed by atoms with Crippen LogP contribution in [0.4, 0.5) is 0 Å². The Balaban J connectivity index is 2.54. The average molecular weight is 237 g/mol. The van der Waals surface area contributed by atoms with E-state index in [1.54, 1.807) is 31.5 Å². The van der Waals surface area contributed by atoms with E-state index < -0.39 is 5.97 Å². The molecule has 4 nitrogen and oxygen atoms in total. The molecule has 2 aromatic rings. The molecule has 0 fully saturated rings. The molecule has 0 aromatic carbocycles. The SMILES string of the molecule is CCOC(=O)c1nc2cnccc2cc1Cl. The van der Waals surface area contributed by atoms with Crippen molar-refractivity contribution in [2.24, 2.45) is 0 Å². The fraction of sp³-hybridized carbons (Fsp3) is 0.182. The van der Waals surface area contributed by atoms with E-state index in [0.29, 0.717) is 12.1 Å². The molecule has 0 radical (unpaired) electrons. The monoisotopic (exact) mass is 236 g/mol. The summed E-state index contributed by atoms with van der Waals surface area (Å²) in [5, 5.41) is 1.13. The van der Waals surface area contributed by atoms with E-state index >= 15 is 0 Å². The van der Waals surface area contributed by atoms with Gasteiger partial charge in [-0.2, -0.15) is 0 Å². The highest BCUT2D eigenvalue weighted by atomic mass is 35.5. The molecular weight excluding hydrogens is 228 g/mol. The lowest BCUT2D eigenvalue weighted by molar-refractivity contribution is 0.0520. The van der Waals surface area contributed by atoms with Crippen LogP contribution in [0.1, 0.15) is 17.4 Å². The average Bonchev–Trinajstić information content (AvgIpc) is 2.28. The lowest BCUT2D eigenvalue weighted by Crippen LogP contribution is -2.08. The Bertz CT molecular complexity index is 542. The minimum Gasteiger partial charge on any atom is -0.461 e. The van der Waals surface area contributed by atoms with Gasteiger partial charge in [0.05, 0.1) is 23.3 Å². The van der Waals surface area contributed by atoms with E-state index in [2.05, 4.69) is 9.97 Å². The van der Waals surface area contributed by atoms with Crippen molar-refractivity contribution in [1.82, 2.24) is 9.97 Å². The van der Waals surface area contributed by atoms with E-state index in [1.807, 2.05) is 0 Å². The maximum atomic E-state index is 11.5. The van der Waals surface area contributed by atoms with E-state index in [-0.39, 0.29) is 10.7 Å². The molecule has 0 saturated carbocycles. The Morgan fingerprint density at radius 2 is 2.38 bits per heavy atom. The maximum absolute atomic E-state index is 11.5. The third kappa shape index (κ3) is 1.97. The first-order valence-electron chi connectivity index (χ1n) is 4.79. The number of aromatic nitrogens is 2. The fourth-order valence-corrected chi connectivity index (χ4v) is 1.57. The van der Waals surface area contributed by atoms with Crippen molar-refractivity contribution >= 4 is 28.5 Å². The number of nitrogens with zero attached hydrogens (tertiary/aromatic N) is 2. The number of rotatable bonds is 2. The summed E-state index contributed by atoms with van der Waals surface area (Å²) in [7, 11) is 0. The number of carbonyl (C=O) groups excluding carboxylic acids is 1. The van der Waals surface area contributed by atoms with Gasteiger partial charge in [0.15, 0.2) is 5.69 Å². The predicted molar refractivity (Wildman–Crippen MR) is 60.5 cm³/mol. The first kappa shape index (κ1) is 10.8. The van der Waals surface area contributed by atoms with E-state index in [9.17, 15) is 4.79 Å². The number of esters is 1. The zero-order valence-electron chi connectivity index (χ0n) is 8.61.